The number of hydrogen-bond acceptors (Lipinski definition) is 3. The molecule has 0 aromatic heterocycles. The van der Waals surface area contributed by atoms with E-state index in [9.17, 15) is 4.79 Å². The van der Waals surface area contributed by atoms with Crippen LogP contribution < -0.4 is 11.1 Å². The van der Waals surface area contributed by atoms with Crippen LogP contribution in [0.4, 0.5) is 0 Å². The lowest BCUT2D eigenvalue weighted by molar-refractivity contribution is -0.126. The van der Waals surface area contributed by atoms with Crippen LogP contribution in [0.2, 0.25) is 0 Å². The normalized spacial score (nSPS) is 27.8. The van der Waals surface area contributed by atoms with Crippen molar-refractivity contribution < 1.29 is 9.53 Å². The summed E-state index contributed by atoms with van der Waals surface area (Å²) in [7, 11) is 1.69. The fourth-order valence-corrected chi connectivity index (χ4v) is 2.04. The molecule has 3 N–H and O–H groups in total. The smallest absolute Gasteiger partial charge is 0.237 e. The first-order valence-electron chi connectivity index (χ1n) is 5.95. The molecule has 1 fully saturated rings. The van der Waals surface area contributed by atoms with E-state index in [1.807, 2.05) is 20.8 Å². The van der Waals surface area contributed by atoms with Gasteiger partial charge in [0.15, 0.2) is 0 Å². The standard InChI is InChI=1S/C12H24N2O2/c1-12(2,3)10(13)11(15)14-8-6-5-7-9(8)16-4/h8-10H,5-7,13H2,1-4H3,(H,14,15). The van der Waals surface area contributed by atoms with Crippen molar-refractivity contribution in [3.05, 3.63) is 0 Å². The zero-order valence-corrected chi connectivity index (χ0v) is 10.7. The van der Waals surface area contributed by atoms with Crippen LogP contribution in [0.5, 0.6) is 0 Å². The molecule has 0 aromatic carbocycles. The Morgan fingerprint density at radius 2 is 2.06 bits per heavy atom. The van der Waals surface area contributed by atoms with Crippen LogP contribution in [0.1, 0.15) is 40.0 Å². The minimum Gasteiger partial charge on any atom is -0.379 e. The second-order valence-corrected chi connectivity index (χ2v) is 5.66. The Kier molecular flexibility index (Phi) is 4.33. The number of amides is 1. The van der Waals surface area contributed by atoms with E-state index in [2.05, 4.69) is 5.32 Å². The third-order valence-electron chi connectivity index (χ3n) is 3.30. The summed E-state index contributed by atoms with van der Waals surface area (Å²) < 4.78 is 5.33. The average Bonchev–Trinajstić information content (AvgIpc) is 2.62. The molecule has 94 valence electrons. The molecule has 4 heteroatoms. The summed E-state index contributed by atoms with van der Waals surface area (Å²) in [6.45, 7) is 5.92. The maximum absolute atomic E-state index is 11.9. The van der Waals surface area contributed by atoms with Crippen molar-refractivity contribution in [1.82, 2.24) is 5.32 Å². The van der Waals surface area contributed by atoms with Gasteiger partial charge in [-0.1, -0.05) is 20.8 Å². The first-order chi connectivity index (χ1) is 7.36. The molecule has 1 saturated carbocycles. The van der Waals surface area contributed by atoms with Crippen LogP contribution in [-0.4, -0.2) is 31.2 Å². The molecule has 1 aliphatic rings. The van der Waals surface area contributed by atoms with Crippen molar-refractivity contribution in [3.63, 3.8) is 0 Å². The number of nitrogens with two attached hydrogens (primary N) is 1. The van der Waals surface area contributed by atoms with Crippen molar-refractivity contribution in [2.75, 3.05) is 7.11 Å². The molecule has 1 amide bonds. The lowest BCUT2D eigenvalue weighted by Gasteiger charge is -2.28. The van der Waals surface area contributed by atoms with E-state index in [1.54, 1.807) is 7.11 Å². The van der Waals surface area contributed by atoms with E-state index < -0.39 is 6.04 Å². The monoisotopic (exact) mass is 228 g/mol. The second kappa shape index (κ2) is 5.15. The highest BCUT2D eigenvalue weighted by Gasteiger charge is 2.33. The molecular weight excluding hydrogens is 204 g/mol. The Bertz CT molecular complexity index is 248. The number of nitrogens with one attached hydrogen (secondary N) is 1. The second-order valence-electron chi connectivity index (χ2n) is 5.66. The van der Waals surface area contributed by atoms with Crippen molar-refractivity contribution in [2.45, 2.75) is 58.2 Å². The van der Waals surface area contributed by atoms with Crippen LogP contribution in [0, 0.1) is 5.41 Å². The lowest BCUT2D eigenvalue weighted by atomic mass is 9.87. The number of carbonyl (C=O) groups is 1. The molecule has 3 atom stereocenters. The number of ether oxygens (including phenoxy) is 1. The van der Waals surface area contributed by atoms with Crippen molar-refractivity contribution in [2.24, 2.45) is 11.1 Å². The summed E-state index contributed by atoms with van der Waals surface area (Å²) in [6, 6.07) is -0.337. The van der Waals surface area contributed by atoms with Crippen LogP contribution in [0.25, 0.3) is 0 Å². The van der Waals surface area contributed by atoms with Gasteiger partial charge >= 0.3 is 0 Å². The minimum atomic E-state index is -0.467. The molecule has 16 heavy (non-hydrogen) atoms. The minimum absolute atomic E-state index is 0.0681. The topological polar surface area (TPSA) is 64.3 Å². The highest BCUT2D eigenvalue weighted by Crippen LogP contribution is 2.23. The fourth-order valence-electron chi connectivity index (χ4n) is 2.04. The third-order valence-corrected chi connectivity index (χ3v) is 3.30. The van der Waals surface area contributed by atoms with E-state index in [1.165, 1.54) is 0 Å². The summed E-state index contributed by atoms with van der Waals surface area (Å²) in [5.41, 5.74) is 5.70. The van der Waals surface area contributed by atoms with Gasteiger partial charge in [0.25, 0.3) is 0 Å². The summed E-state index contributed by atoms with van der Waals surface area (Å²) in [4.78, 5) is 11.9. The Balaban J connectivity index is 2.51. The fraction of sp³-hybridized carbons (Fsp3) is 0.917. The van der Waals surface area contributed by atoms with E-state index in [0.29, 0.717) is 0 Å². The van der Waals surface area contributed by atoms with Gasteiger partial charge in [-0.3, -0.25) is 4.79 Å². The summed E-state index contributed by atoms with van der Waals surface area (Å²) >= 11 is 0. The van der Waals surface area contributed by atoms with E-state index >= 15 is 0 Å². The first-order valence-corrected chi connectivity index (χ1v) is 5.95. The molecule has 0 bridgehead atoms. The molecule has 0 heterocycles. The van der Waals surface area contributed by atoms with Gasteiger partial charge in [-0.25, -0.2) is 0 Å². The van der Waals surface area contributed by atoms with Gasteiger partial charge in [0.1, 0.15) is 0 Å². The predicted molar refractivity (Wildman–Crippen MR) is 64.0 cm³/mol. The Labute approximate surface area is 97.9 Å². The SMILES string of the molecule is COC1CCCC1NC(=O)C(N)C(C)(C)C. The molecule has 4 nitrogen and oxygen atoms in total. The Hall–Kier alpha value is -0.610. The molecule has 1 aliphatic carbocycles. The van der Waals surface area contributed by atoms with Gasteiger partial charge in [0.05, 0.1) is 18.2 Å². The van der Waals surface area contributed by atoms with Crippen molar-refractivity contribution >= 4 is 5.91 Å². The first kappa shape index (κ1) is 13.5. The quantitative estimate of drug-likeness (QED) is 0.758. The molecule has 1 rings (SSSR count). The molecule has 0 aromatic rings. The van der Waals surface area contributed by atoms with Gasteiger partial charge in [0, 0.05) is 7.11 Å². The lowest BCUT2D eigenvalue weighted by Crippen LogP contribution is -2.53. The largest absolute Gasteiger partial charge is 0.379 e. The van der Waals surface area contributed by atoms with E-state index in [-0.39, 0.29) is 23.5 Å². The summed E-state index contributed by atoms with van der Waals surface area (Å²) in [5.74, 6) is -0.0681. The maximum Gasteiger partial charge on any atom is 0.237 e. The number of methoxy groups -OCH3 is 1. The molecular formula is C12H24N2O2. The molecule has 0 saturated heterocycles. The van der Waals surface area contributed by atoms with Gasteiger partial charge in [-0.15, -0.1) is 0 Å². The Morgan fingerprint density at radius 3 is 2.56 bits per heavy atom. The maximum atomic E-state index is 11.9. The zero-order valence-electron chi connectivity index (χ0n) is 10.7. The van der Waals surface area contributed by atoms with E-state index in [0.717, 1.165) is 19.3 Å². The van der Waals surface area contributed by atoms with Crippen molar-refractivity contribution in [1.29, 1.82) is 0 Å². The number of rotatable bonds is 3. The van der Waals surface area contributed by atoms with Crippen LogP contribution in [-0.2, 0) is 9.53 Å². The highest BCUT2D eigenvalue weighted by atomic mass is 16.5. The van der Waals surface area contributed by atoms with E-state index in [4.69, 9.17) is 10.5 Å². The Morgan fingerprint density at radius 1 is 1.44 bits per heavy atom. The van der Waals surface area contributed by atoms with Gasteiger partial charge in [-0.2, -0.15) is 0 Å². The summed E-state index contributed by atoms with van der Waals surface area (Å²) in [6.07, 6.45) is 3.26. The van der Waals surface area contributed by atoms with Gasteiger partial charge in [-0.05, 0) is 24.7 Å². The van der Waals surface area contributed by atoms with Gasteiger partial charge in [0.2, 0.25) is 5.91 Å². The number of carbonyl (C=O) groups excluding carboxylic acids is 1. The zero-order chi connectivity index (χ0) is 12.3. The van der Waals surface area contributed by atoms with Crippen molar-refractivity contribution in [3.8, 4) is 0 Å². The van der Waals surface area contributed by atoms with Gasteiger partial charge < -0.3 is 15.8 Å². The summed E-state index contributed by atoms with van der Waals surface area (Å²) in [5, 5.41) is 3.00. The van der Waals surface area contributed by atoms with Crippen LogP contribution in [0.3, 0.4) is 0 Å². The highest BCUT2D eigenvalue weighted by molar-refractivity contribution is 5.82. The number of hydrogen-bond donors (Lipinski definition) is 2. The van der Waals surface area contributed by atoms with Crippen LogP contribution in [0.15, 0.2) is 0 Å². The third kappa shape index (κ3) is 3.19. The molecule has 0 aliphatic heterocycles. The average molecular weight is 228 g/mol. The molecule has 0 spiro atoms. The predicted octanol–water partition coefficient (Wildman–Crippen LogP) is 1.04. The van der Waals surface area contributed by atoms with Crippen LogP contribution >= 0.6 is 0 Å². The molecule has 3 unspecified atom stereocenters. The molecule has 0 radical (unpaired) electrons.